The molecule has 12 heavy (non-hydrogen) atoms. The van der Waals surface area contributed by atoms with Crippen LogP contribution < -0.4 is 4.74 Å². The van der Waals surface area contributed by atoms with Crippen LogP contribution in [0.1, 0.15) is 12.5 Å². The number of rotatable bonds is 3. The Morgan fingerprint density at radius 1 is 1.50 bits per heavy atom. The molecule has 1 nitrogen and oxygen atoms in total. The molecule has 0 aliphatic carbocycles. The molecule has 0 atom stereocenters. The lowest BCUT2D eigenvalue weighted by Gasteiger charge is -2.09. The minimum absolute atomic E-state index is 0.722. The molecule has 1 aromatic carbocycles. The third-order valence-electron chi connectivity index (χ3n) is 1.48. The highest BCUT2D eigenvalue weighted by Crippen LogP contribution is 2.27. The van der Waals surface area contributed by atoms with Gasteiger partial charge in [-0.2, -0.15) is 0 Å². The van der Waals surface area contributed by atoms with Crippen LogP contribution in [0.4, 0.5) is 0 Å². The number of halogens is 2. The predicted octanol–water partition coefficient (Wildman–Crippen LogP) is 3.58. The lowest BCUT2D eigenvalue weighted by atomic mass is 10.2. The topological polar surface area (TPSA) is 9.23 Å². The summed E-state index contributed by atoms with van der Waals surface area (Å²) in [7, 11) is 0. The predicted molar refractivity (Wildman–Crippen MR) is 63.0 cm³/mol. The standard InChI is InChI=1S/C9H10BrIO/c1-2-12-9-7(6-10)4-3-5-8(9)11/h3-5H,2,6H2,1H3. The van der Waals surface area contributed by atoms with Crippen molar-refractivity contribution < 1.29 is 4.74 Å². The fourth-order valence-corrected chi connectivity index (χ4v) is 2.12. The molecule has 3 heteroatoms. The molecule has 0 saturated heterocycles. The second kappa shape index (κ2) is 5.07. The summed E-state index contributed by atoms with van der Waals surface area (Å²) < 4.78 is 6.69. The van der Waals surface area contributed by atoms with Gasteiger partial charge < -0.3 is 4.74 Å². The molecule has 0 spiro atoms. The molecule has 0 aliphatic rings. The van der Waals surface area contributed by atoms with Crippen molar-refractivity contribution in [3.63, 3.8) is 0 Å². The molecular formula is C9H10BrIO. The minimum Gasteiger partial charge on any atom is -0.492 e. The van der Waals surface area contributed by atoms with E-state index in [0.717, 1.165) is 17.7 Å². The summed E-state index contributed by atoms with van der Waals surface area (Å²) in [5.41, 5.74) is 1.21. The van der Waals surface area contributed by atoms with Crippen LogP contribution in [0.3, 0.4) is 0 Å². The molecule has 0 unspecified atom stereocenters. The lowest BCUT2D eigenvalue weighted by molar-refractivity contribution is 0.335. The van der Waals surface area contributed by atoms with E-state index in [1.165, 1.54) is 9.13 Å². The fraction of sp³-hybridized carbons (Fsp3) is 0.333. The number of hydrogen-bond donors (Lipinski definition) is 0. The highest BCUT2D eigenvalue weighted by Gasteiger charge is 2.04. The first-order chi connectivity index (χ1) is 5.79. The van der Waals surface area contributed by atoms with Gasteiger partial charge in [-0.05, 0) is 35.6 Å². The van der Waals surface area contributed by atoms with E-state index in [-0.39, 0.29) is 0 Å². The number of ether oxygens (including phenoxy) is 1. The zero-order valence-corrected chi connectivity index (χ0v) is 10.6. The molecule has 0 fully saturated rings. The highest BCUT2D eigenvalue weighted by molar-refractivity contribution is 14.1. The van der Waals surface area contributed by atoms with E-state index < -0.39 is 0 Å². The molecule has 0 saturated carbocycles. The van der Waals surface area contributed by atoms with Crippen molar-refractivity contribution in [3.8, 4) is 5.75 Å². The number of para-hydroxylation sites is 1. The van der Waals surface area contributed by atoms with Crippen molar-refractivity contribution in [1.82, 2.24) is 0 Å². The van der Waals surface area contributed by atoms with Gasteiger partial charge in [0.15, 0.2) is 0 Å². The van der Waals surface area contributed by atoms with Crippen LogP contribution in [0.2, 0.25) is 0 Å². The van der Waals surface area contributed by atoms with Gasteiger partial charge in [0, 0.05) is 10.9 Å². The van der Waals surface area contributed by atoms with Gasteiger partial charge >= 0.3 is 0 Å². The number of benzene rings is 1. The van der Waals surface area contributed by atoms with E-state index in [4.69, 9.17) is 4.74 Å². The molecule has 1 rings (SSSR count). The monoisotopic (exact) mass is 340 g/mol. The molecular weight excluding hydrogens is 331 g/mol. The summed E-state index contributed by atoms with van der Waals surface area (Å²) in [5.74, 6) is 1.01. The van der Waals surface area contributed by atoms with E-state index in [0.29, 0.717) is 0 Å². The van der Waals surface area contributed by atoms with Crippen molar-refractivity contribution in [1.29, 1.82) is 0 Å². The van der Waals surface area contributed by atoms with Crippen molar-refractivity contribution in [3.05, 3.63) is 27.3 Å². The Kier molecular flexibility index (Phi) is 4.35. The molecule has 0 aromatic heterocycles. The van der Waals surface area contributed by atoms with Crippen molar-refractivity contribution >= 4 is 38.5 Å². The van der Waals surface area contributed by atoms with Crippen LogP contribution in [0.15, 0.2) is 18.2 Å². The molecule has 0 radical (unpaired) electrons. The Hall–Kier alpha value is 0.230. The molecule has 0 amide bonds. The van der Waals surface area contributed by atoms with E-state index in [9.17, 15) is 0 Å². The third kappa shape index (κ3) is 2.36. The second-order valence-corrected chi connectivity index (χ2v) is 4.02. The molecule has 0 N–H and O–H groups in total. The summed E-state index contributed by atoms with van der Waals surface area (Å²) in [5, 5.41) is 0.846. The zero-order valence-electron chi connectivity index (χ0n) is 6.81. The maximum atomic E-state index is 5.52. The molecule has 0 bridgehead atoms. The van der Waals surface area contributed by atoms with Gasteiger partial charge in [0.1, 0.15) is 5.75 Å². The average Bonchev–Trinajstić information content (AvgIpc) is 2.09. The average molecular weight is 341 g/mol. The van der Waals surface area contributed by atoms with Crippen molar-refractivity contribution in [2.45, 2.75) is 12.3 Å². The molecule has 0 aliphatic heterocycles. The van der Waals surface area contributed by atoms with E-state index in [2.05, 4.69) is 50.7 Å². The van der Waals surface area contributed by atoms with Gasteiger partial charge in [0.05, 0.1) is 10.2 Å². The summed E-state index contributed by atoms with van der Waals surface area (Å²) in [6.07, 6.45) is 0. The Morgan fingerprint density at radius 3 is 2.83 bits per heavy atom. The minimum atomic E-state index is 0.722. The van der Waals surface area contributed by atoms with Crippen molar-refractivity contribution in [2.24, 2.45) is 0 Å². The van der Waals surface area contributed by atoms with Gasteiger partial charge in [0.2, 0.25) is 0 Å². The molecule has 66 valence electrons. The first-order valence-electron chi connectivity index (χ1n) is 3.75. The molecule has 0 heterocycles. The van der Waals surface area contributed by atoms with Crippen LogP contribution in [0, 0.1) is 3.57 Å². The van der Waals surface area contributed by atoms with Gasteiger partial charge in [0.25, 0.3) is 0 Å². The Balaban J connectivity index is 3.02. The van der Waals surface area contributed by atoms with Crippen molar-refractivity contribution in [2.75, 3.05) is 6.61 Å². The smallest absolute Gasteiger partial charge is 0.136 e. The summed E-state index contributed by atoms with van der Waals surface area (Å²) in [6, 6.07) is 6.17. The van der Waals surface area contributed by atoms with Gasteiger partial charge in [-0.15, -0.1) is 0 Å². The SMILES string of the molecule is CCOc1c(I)cccc1CBr. The lowest BCUT2D eigenvalue weighted by Crippen LogP contribution is -1.97. The van der Waals surface area contributed by atoms with Crippen LogP contribution in [-0.2, 0) is 5.33 Å². The second-order valence-electron chi connectivity index (χ2n) is 2.29. The first-order valence-corrected chi connectivity index (χ1v) is 5.95. The number of hydrogen-bond acceptors (Lipinski definition) is 1. The summed E-state index contributed by atoms with van der Waals surface area (Å²) in [6.45, 7) is 2.72. The first kappa shape index (κ1) is 10.3. The van der Waals surface area contributed by atoms with E-state index in [1.807, 2.05) is 13.0 Å². The third-order valence-corrected chi connectivity index (χ3v) is 2.93. The van der Waals surface area contributed by atoms with Crippen LogP contribution in [0.5, 0.6) is 5.75 Å². The van der Waals surface area contributed by atoms with E-state index in [1.54, 1.807) is 0 Å². The fourth-order valence-electron chi connectivity index (χ4n) is 0.965. The van der Waals surface area contributed by atoms with Crippen LogP contribution in [-0.4, -0.2) is 6.61 Å². The molecule has 1 aromatic rings. The Labute approximate surface area is 94.8 Å². The highest BCUT2D eigenvalue weighted by atomic mass is 127. The van der Waals surface area contributed by atoms with Gasteiger partial charge in [-0.1, -0.05) is 28.1 Å². The number of alkyl halides is 1. The Morgan fingerprint density at radius 2 is 2.25 bits per heavy atom. The zero-order chi connectivity index (χ0) is 8.97. The Bertz CT molecular complexity index is 263. The van der Waals surface area contributed by atoms with Crippen LogP contribution in [0.25, 0.3) is 0 Å². The maximum Gasteiger partial charge on any atom is 0.136 e. The van der Waals surface area contributed by atoms with Gasteiger partial charge in [-0.3, -0.25) is 0 Å². The normalized spacial score (nSPS) is 9.92. The van der Waals surface area contributed by atoms with Crippen LogP contribution >= 0.6 is 38.5 Å². The van der Waals surface area contributed by atoms with E-state index >= 15 is 0 Å². The maximum absolute atomic E-state index is 5.52. The van der Waals surface area contributed by atoms with Gasteiger partial charge in [-0.25, -0.2) is 0 Å². The quantitative estimate of drug-likeness (QED) is 0.603. The summed E-state index contributed by atoms with van der Waals surface area (Å²) in [4.78, 5) is 0. The summed E-state index contributed by atoms with van der Waals surface area (Å²) >= 11 is 5.72. The largest absolute Gasteiger partial charge is 0.492 e.